The van der Waals surface area contributed by atoms with E-state index < -0.39 is 11.8 Å². The second kappa shape index (κ2) is 9.09. The minimum Gasteiger partial charge on any atom is -0.362 e. The lowest BCUT2D eigenvalue weighted by atomic mass is 10.1. The lowest BCUT2D eigenvalue weighted by Crippen LogP contribution is -2.42. The van der Waals surface area contributed by atoms with Crippen LogP contribution in [0.4, 0.5) is 11.4 Å². The summed E-state index contributed by atoms with van der Waals surface area (Å²) >= 11 is 0. The number of hydrogen-bond donors (Lipinski definition) is 2. The monoisotopic (exact) mass is 411 g/mol. The molecule has 1 atom stereocenters. The molecule has 2 aromatic carbocycles. The molecule has 7 heteroatoms. The Morgan fingerprint density at radius 3 is 2.68 bits per heavy atom. The number of amides is 2. The van der Waals surface area contributed by atoms with Crippen molar-refractivity contribution in [1.82, 2.24) is 10.3 Å². The van der Waals surface area contributed by atoms with Gasteiger partial charge in [0, 0.05) is 31.2 Å². The fourth-order valence-corrected chi connectivity index (χ4v) is 3.81. The number of nitrogens with zero attached hydrogens (tertiary/aromatic N) is 3. The number of hydrogen-bond acceptors (Lipinski definition) is 5. The van der Waals surface area contributed by atoms with E-state index >= 15 is 0 Å². The summed E-state index contributed by atoms with van der Waals surface area (Å²) in [4.78, 5) is 31.3. The predicted molar refractivity (Wildman–Crippen MR) is 117 cm³/mol. The third-order valence-corrected chi connectivity index (χ3v) is 5.33. The Bertz CT molecular complexity index is 1140. The lowest BCUT2D eigenvalue weighted by molar-refractivity contribution is -0.136. The van der Waals surface area contributed by atoms with Crippen LogP contribution in [0.15, 0.2) is 73.1 Å². The van der Waals surface area contributed by atoms with Crippen molar-refractivity contribution in [1.29, 1.82) is 5.26 Å². The average Bonchev–Trinajstić information content (AvgIpc) is 3.24. The van der Waals surface area contributed by atoms with Gasteiger partial charge < -0.3 is 15.5 Å². The Hall–Kier alpha value is -4.18. The SMILES string of the molecule is N#Cc1ccccc1NC(=O)C(=O)NCC(c1cccnc1)N1CCc2ccccc21. The molecule has 1 aliphatic heterocycles. The van der Waals surface area contributed by atoms with Crippen LogP contribution < -0.4 is 15.5 Å². The first kappa shape index (κ1) is 20.1. The number of anilines is 2. The summed E-state index contributed by atoms with van der Waals surface area (Å²) in [5.41, 5.74) is 3.94. The van der Waals surface area contributed by atoms with Gasteiger partial charge in [-0.1, -0.05) is 36.4 Å². The van der Waals surface area contributed by atoms with Gasteiger partial charge in [0.15, 0.2) is 0 Å². The molecule has 0 spiro atoms. The number of pyridine rings is 1. The smallest absolute Gasteiger partial charge is 0.313 e. The van der Waals surface area contributed by atoms with Crippen LogP contribution in [0.5, 0.6) is 0 Å². The van der Waals surface area contributed by atoms with Gasteiger partial charge >= 0.3 is 11.8 Å². The second-order valence-corrected chi connectivity index (χ2v) is 7.20. The Kier molecular flexibility index (Phi) is 5.90. The van der Waals surface area contributed by atoms with E-state index in [9.17, 15) is 9.59 Å². The summed E-state index contributed by atoms with van der Waals surface area (Å²) in [6.07, 6.45) is 4.41. The van der Waals surface area contributed by atoms with E-state index in [-0.39, 0.29) is 12.6 Å². The summed E-state index contributed by atoms with van der Waals surface area (Å²) in [5.74, 6) is -1.57. The Labute approximate surface area is 180 Å². The van der Waals surface area contributed by atoms with E-state index in [0.29, 0.717) is 11.3 Å². The normalized spacial score (nSPS) is 13.1. The minimum atomic E-state index is -0.811. The molecule has 154 valence electrons. The van der Waals surface area contributed by atoms with Crippen molar-refractivity contribution in [2.45, 2.75) is 12.5 Å². The zero-order valence-electron chi connectivity index (χ0n) is 16.8. The molecule has 0 bridgehead atoms. The molecule has 4 rings (SSSR count). The van der Waals surface area contributed by atoms with Crippen LogP contribution >= 0.6 is 0 Å². The number of aromatic nitrogens is 1. The fraction of sp³-hybridized carbons (Fsp3) is 0.167. The maximum atomic E-state index is 12.5. The van der Waals surface area contributed by atoms with Gasteiger partial charge in [0.1, 0.15) is 6.07 Å². The van der Waals surface area contributed by atoms with E-state index in [0.717, 1.165) is 24.2 Å². The highest BCUT2D eigenvalue weighted by atomic mass is 16.2. The Balaban J connectivity index is 1.49. The first-order chi connectivity index (χ1) is 15.2. The molecule has 1 unspecified atom stereocenters. The molecular formula is C24H21N5O2. The van der Waals surface area contributed by atoms with E-state index in [2.05, 4.69) is 32.7 Å². The molecule has 2 heterocycles. The van der Waals surface area contributed by atoms with Crippen LogP contribution in [0.3, 0.4) is 0 Å². The van der Waals surface area contributed by atoms with Gasteiger partial charge in [-0.2, -0.15) is 5.26 Å². The van der Waals surface area contributed by atoms with Crippen LogP contribution in [0, 0.1) is 11.3 Å². The van der Waals surface area contributed by atoms with E-state index in [1.807, 2.05) is 30.3 Å². The summed E-state index contributed by atoms with van der Waals surface area (Å²) in [6.45, 7) is 1.06. The fourth-order valence-electron chi connectivity index (χ4n) is 3.81. The molecule has 1 aliphatic rings. The predicted octanol–water partition coefficient (Wildman–Crippen LogP) is 2.81. The first-order valence-electron chi connectivity index (χ1n) is 10.00. The third kappa shape index (κ3) is 4.38. The van der Waals surface area contributed by atoms with E-state index in [1.54, 1.807) is 36.7 Å². The average molecular weight is 411 g/mol. The third-order valence-electron chi connectivity index (χ3n) is 5.33. The molecule has 0 radical (unpaired) electrons. The highest BCUT2D eigenvalue weighted by Crippen LogP contribution is 2.34. The number of nitriles is 1. The van der Waals surface area contributed by atoms with Crippen molar-refractivity contribution in [3.8, 4) is 6.07 Å². The standard InChI is InChI=1S/C24H21N5O2/c25-14-18-7-1-3-9-20(18)28-24(31)23(30)27-16-22(19-8-5-12-26-15-19)29-13-11-17-6-2-4-10-21(17)29/h1-10,12,15,22H,11,13,16H2,(H,27,30)(H,28,31). The number of fused-ring (bicyclic) bond motifs is 1. The number of rotatable bonds is 5. The van der Waals surface area contributed by atoms with Gasteiger partial charge in [-0.15, -0.1) is 0 Å². The van der Waals surface area contributed by atoms with Crippen LogP contribution in [0.1, 0.15) is 22.7 Å². The molecule has 31 heavy (non-hydrogen) atoms. The van der Waals surface area contributed by atoms with Crippen LogP contribution in [-0.2, 0) is 16.0 Å². The van der Waals surface area contributed by atoms with E-state index in [4.69, 9.17) is 5.26 Å². The van der Waals surface area contributed by atoms with Crippen LogP contribution in [0.25, 0.3) is 0 Å². The van der Waals surface area contributed by atoms with Crippen molar-refractivity contribution in [2.24, 2.45) is 0 Å². The second-order valence-electron chi connectivity index (χ2n) is 7.20. The zero-order valence-corrected chi connectivity index (χ0v) is 16.8. The number of benzene rings is 2. The highest BCUT2D eigenvalue weighted by molar-refractivity contribution is 6.39. The number of para-hydroxylation sites is 2. The first-order valence-corrected chi connectivity index (χ1v) is 10.00. The van der Waals surface area contributed by atoms with Crippen LogP contribution in [-0.4, -0.2) is 29.9 Å². The van der Waals surface area contributed by atoms with Crippen LogP contribution in [0.2, 0.25) is 0 Å². The Morgan fingerprint density at radius 2 is 1.87 bits per heavy atom. The molecule has 0 aliphatic carbocycles. The maximum absolute atomic E-state index is 12.5. The van der Waals surface area contributed by atoms with Gasteiger partial charge in [0.2, 0.25) is 0 Å². The molecule has 7 nitrogen and oxygen atoms in total. The van der Waals surface area contributed by atoms with Crippen molar-refractivity contribution < 1.29 is 9.59 Å². The molecule has 2 N–H and O–H groups in total. The molecular weight excluding hydrogens is 390 g/mol. The number of carbonyl (C=O) groups is 2. The van der Waals surface area contributed by atoms with Crippen molar-refractivity contribution in [3.05, 3.63) is 89.7 Å². The molecule has 0 saturated carbocycles. The van der Waals surface area contributed by atoms with Crippen molar-refractivity contribution >= 4 is 23.2 Å². The summed E-state index contributed by atoms with van der Waals surface area (Å²) in [7, 11) is 0. The van der Waals surface area contributed by atoms with Crippen molar-refractivity contribution in [3.63, 3.8) is 0 Å². The van der Waals surface area contributed by atoms with Gasteiger partial charge in [-0.25, -0.2) is 0 Å². The largest absolute Gasteiger partial charge is 0.362 e. The summed E-state index contributed by atoms with van der Waals surface area (Å²) < 4.78 is 0. The minimum absolute atomic E-state index is 0.166. The number of nitrogens with one attached hydrogen (secondary N) is 2. The lowest BCUT2D eigenvalue weighted by Gasteiger charge is -2.30. The zero-order chi connectivity index (χ0) is 21.6. The molecule has 2 amide bonds. The molecule has 1 aromatic heterocycles. The molecule has 3 aromatic rings. The quantitative estimate of drug-likeness (QED) is 0.629. The van der Waals surface area contributed by atoms with Gasteiger partial charge in [-0.05, 0) is 41.8 Å². The van der Waals surface area contributed by atoms with Crippen molar-refractivity contribution in [2.75, 3.05) is 23.3 Å². The Morgan fingerprint density at radius 1 is 1.06 bits per heavy atom. The topological polar surface area (TPSA) is 98.1 Å². The maximum Gasteiger partial charge on any atom is 0.313 e. The van der Waals surface area contributed by atoms with Gasteiger partial charge in [0.25, 0.3) is 0 Å². The van der Waals surface area contributed by atoms with Gasteiger partial charge in [-0.3, -0.25) is 14.6 Å². The summed E-state index contributed by atoms with van der Waals surface area (Å²) in [6, 6.07) is 20.4. The molecule has 0 fully saturated rings. The number of carbonyl (C=O) groups excluding carboxylic acids is 2. The highest BCUT2D eigenvalue weighted by Gasteiger charge is 2.28. The van der Waals surface area contributed by atoms with E-state index in [1.165, 1.54) is 5.56 Å². The van der Waals surface area contributed by atoms with Gasteiger partial charge in [0.05, 0.1) is 17.3 Å². The molecule has 0 saturated heterocycles. The summed E-state index contributed by atoms with van der Waals surface area (Å²) in [5, 5.41) is 14.4.